The smallest absolute Gasteiger partial charge is 0.221 e. The van der Waals surface area contributed by atoms with Crippen LogP contribution in [-0.2, 0) is 4.79 Å². The lowest BCUT2D eigenvalue weighted by Crippen LogP contribution is -2.27. The topological polar surface area (TPSA) is 29.1 Å². The normalized spacial score (nSPS) is 29.0. The fraction of sp³-hybridized carbons (Fsp3) is 0.833. The molecule has 0 bridgehead atoms. The minimum Gasteiger partial charge on any atom is -0.340 e. The first-order chi connectivity index (χ1) is 4.29. The molecule has 0 aromatic heterocycles. The average Bonchev–Trinajstić information content (AvgIpc) is 1.93. The van der Waals surface area contributed by atoms with Crippen molar-refractivity contribution in [2.45, 2.75) is 31.2 Å². The zero-order valence-electron chi connectivity index (χ0n) is 5.19. The molecule has 1 rings (SSSR count). The Balaban J connectivity index is 2.37. The van der Waals surface area contributed by atoms with Gasteiger partial charge in [-0.1, -0.05) is 11.6 Å². The van der Waals surface area contributed by atoms with Gasteiger partial charge < -0.3 is 5.32 Å². The number of nitrogens with one attached hydrogen (secondary N) is 1. The van der Waals surface area contributed by atoms with Gasteiger partial charge in [0.05, 0.1) is 0 Å². The maximum Gasteiger partial charge on any atom is 0.221 e. The molecule has 0 aromatic rings. The summed E-state index contributed by atoms with van der Waals surface area (Å²) in [5, 5.41) is 2.67. The highest BCUT2D eigenvalue weighted by molar-refractivity contribution is 6.21. The van der Waals surface area contributed by atoms with Gasteiger partial charge in [-0.05, 0) is 19.3 Å². The largest absolute Gasteiger partial charge is 0.340 e. The summed E-state index contributed by atoms with van der Waals surface area (Å²) in [6, 6.07) is 0. The van der Waals surface area contributed by atoms with Crippen molar-refractivity contribution in [2.24, 2.45) is 0 Å². The van der Waals surface area contributed by atoms with E-state index in [1.165, 1.54) is 0 Å². The molecule has 1 aliphatic heterocycles. The van der Waals surface area contributed by atoms with Crippen LogP contribution in [0, 0.1) is 0 Å². The summed E-state index contributed by atoms with van der Waals surface area (Å²) in [7, 11) is 0. The van der Waals surface area contributed by atoms with Gasteiger partial charge in [0.1, 0.15) is 5.50 Å². The van der Waals surface area contributed by atoms with Crippen molar-refractivity contribution in [1.29, 1.82) is 0 Å². The minimum absolute atomic E-state index is 0.0903. The molecule has 1 amide bonds. The molecule has 0 radical (unpaired) electrons. The van der Waals surface area contributed by atoms with Gasteiger partial charge in [-0.25, -0.2) is 0 Å². The van der Waals surface area contributed by atoms with Crippen molar-refractivity contribution in [3.05, 3.63) is 0 Å². The molecule has 1 N–H and O–H groups in total. The second-order valence-corrected chi connectivity index (χ2v) is 2.81. The first kappa shape index (κ1) is 6.87. The second kappa shape index (κ2) is 3.06. The van der Waals surface area contributed by atoms with Crippen molar-refractivity contribution in [3.8, 4) is 0 Å². The van der Waals surface area contributed by atoms with E-state index in [-0.39, 0.29) is 11.4 Å². The summed E-state index contributed by atoms with van der Waals surface area (Å²) < 4.78 is 0. The molecule has 0 aliphatic carbocycles. The summed E-state index contributed by atoms with van der Waals surface area (Å²) in [6.45, 7) is 0. The molecule has 0 spiro atoms. The molecule has 3 heteroatoms. The van der Waals surface area contributed by atoms with E-state index >= 15 is 0 Å². The van der Waals surface area contributed by atoms with Crippen LogP contribution in [-0.4, -0.2) is 11.4 Å². The Morgan fingerprint density at radius 3 is 3.11 bits per heavy atom. The van der Waals surface area contributed by atoms with E-state index in [4.69, 9.17) is 11.6 Å². The number of halogens is 1. The standard InChI is InChI=1S/C6H10ClNO/c7-5-3-1-2-4-6(9)8-5/h5H,1-4H2,(H,8,9). The molecule has 1 aliphatic rings. The van der Waals surface area contributed by atoms with E-state index < -0.39 is 0 Å². The summed E-state index contributed by atoms with van der Waals surface area (Å²) in [4.78, 5) is 10.7. The van der Waals surface area contributed by atoms with Gasteiger partial charge in [0, 0.05) is 6.42 Å². The fourth-order valence-electron chi connectivity index (χ4n) is 0.928. The molecule has 1 atom stereocenters. The van der Waals surface area contributed by atoms with Crippen LogP contribution in [0.25, 0.3) is 0 Å². The van der Waals surface area contributed by atoms with Crippen LogP contribution in [0.2, 0.25) is 0 Å². The number of amides is 1. The Morgan fingerprint density at radius 2 is 2.33 bits per heavy atom. The summed E-state index contributed by atoms with van der Waals surface area (Å²) >= 11 is 5.68. The van der Waals surface area contributed by atoms with Crippen molar-refractivity contribution in [1.82, 2.24) is 5.32 Å². The van der Waals surface area contributed by atoms with Gasteiger partial charge >= 0.3 is 0 Å². The predicted octanol–water partition coefficient (Wildman–Crippen LogP) is 1.24. The zero-order chi connectivity index (χ0) is 6.69. The van der Waals surface area contributed by atoms with Crippen LogP contribution in [0.5, 0.6) is 0 Å². The highest BCUT2D eigenvalue weighted by atomic mass is 35.5. The SMILES string of the molecule is O=C1CCCCC(Cl)N1. The maximum atomic E-state index is 10.7. The highest BCUT2D eigenvalue weighted by Crippen LogP contribution is 2.10. The lowest BCUT2D eigenvalue weighted by atomic mass is 10.2. The van der Waals surface area contributed by atoms with Crippen LogP contribution in [0.1, 0.15) is 25.7 Å². The molecule has 1 fully saturated rings. The van der Waals surface area contributed by atoms with Crippen LogP contribution in [0.15, 0.2) is 0 Å². The van der Waals surface area contributed by atoms with Crippen LogP contribution in [0.4, 0.5) is 0 Å². The number of alkyl halides is 1. The Labute approximate surface area is 59.6 Å². The van der Waals surface area contributed by atoms with Gasteiger partial charge in [0.15, 0.2) is 0 Å². The lowest BCUT2D eigenvalue weighted by molar-refractivity contribution is -0.121. The summed E-state index contributed by atoms with van der Waals surface area (Å²) in [5.41, 5.74) is -0.125. The lowest BCUT2D eigenvalue weighted by Gasteiger charge is -2.04. The average molecular weight is 148 g/mol. The number of carbonyl (C=O) groups is 1. The third-order valence-corrected chi connectivity index (χ3v) is 1.76. The highest BCUT2D eigenvalue weighted by Gasteiger charge is 2.12. The predicted molar refractivity (Wildman–Crippen MR) is 36.3 cm³/mol. The molecule has 52 valence electrons. The molecule has 2 nitrogen and oxygen atoms in total. The van der Waals surface area contributed by atoms with E-state index in [2.05, 4.69) is 5.32 Å². The monoisotopic (exact) mass is 147 g/mol. The molecule has 0 saturated carbocycles. The van der Waals surface area contributed by atoms with Crippen LogP contribution < -0.4 is 5.32 Å². The number of carbonyl (C=O) groups excluding carboxylic acids is 1. The molecule has 1 unspecified atom stereocenters. The number of rotatable bonds is 0. The molecule has 1 heterocycles. The van der Waals surface area contributed by atoms with E-state index in [0.717, 1.165) is 19.3 Å². The quantitative estimate of drug-likeness (QED) is 0.406. The fourth-order valence-corrected chi connectivity index (χ4v) is 1.20. The minimum atomic E-state index is -0.125. The van der Waals surface area contributed by atoms with Crippen LogP contribution in [0.3, 0.4) is 0 Å². The van der Waals surface area contributed by atoms with Crippen molar-refractivity contribution < 1.29 is 4.79 Å². The van der Waals surface area contributed by atoms with Gasteiger partial charge in [-0.15, -0.1) is 0 Å². The Kier molecular flexibility index (Phi) is 2.34. The maximum absolute atomic E-state index is 10.7. The van der Waals surface area contributed by atoms with Gasteiger partial charge in [0.2, 0.25) is 5.91 Å². The van der Waals surface area contributed by atoms with Crippen molar-refractivity contribution in [2.75, 3.05) is 0 Å². The molecule has 0 aromatic carbocycles. The Bertz CT molecular complexity index is 116. The van der Waals surface area contributed by atoms with E-state index in [9.17, 15) is 4.79 Å². The van der Waals surface area contributed by atoms with Crippen molar-refractivity contribution in [3.63, 3.8) is 0 Å². The molecule has 9 heavy (non-hydrogen) atoms. The third kappa shape index (κ3) is 2.22. The Morgan fingerprint density at radius 1 is 1.56 bits per heavy atom. The zero-order valence-corrected chi connectivity index (χ0v) is 5.95. The molecule has 1 saturated heterocycles. The number of hydrogen-bond donors (Lipinski definition) is 1. The van der Waals surface area contributed by atoms with Gasteiger partial charge in [0.25, 0.3) is 0 Å². The molecular weight excluding hydrogens is 138 g/mol. The first-order valence-electron chi connectivity index (χ1n) is 3.22. The van der Waals surface area contributed by atoms with Crippen LogP contribution >= 0.6 is 11.6 Å². The first-order valence-corrected chi connectivity index (χ1v) is 3.66. The Hall–Kier alpha value is -0.240. The van der Waals surface area contributed by atoms with E-state index in [1.54, 1.807) is 0 Å². The molecular formula is C6H10ClNO. The number of hydrogen-bond acceptors (Lipinski definition) is 1. The van der Waals surface area contributed by atoms with Gasteiger partial charge in [-0.3, -0.25) is 4.79 Å². The van der Waals surface area contributed by atoms with E-state index in [1.807, 2.05) is 0 Å². The summed E-state index contributed by atoms with van der Waals surface area (Å²) in [5.74, 6) is 0.0903. The van der Waals surface area contributed by atoms with Crippen molar-refractivity contribution >= 4 is 17.5 Å². The van der Waals surface area contributed by atoms with E-state index in [0.29, 0.717) is 6.42 Å². The summed E-state index contributed by atoms with van der Waals surface area (Å²) in [6.07, 6.45) is 3.60. The van der Waals surface area contributed by atoms with Gasteiger partial charge in [-0.2, -0.15) is 0 Å². The second-order valence-electron chi connectivity index (χ2n) is 2.28. The third-order valence-electron chi connectivity index (χ3n) is 1.43.